The van der Waals surface area contributed by atoms with Crippen LogP contribution < -0.4 is 10.5 Å². The summed E-state index contributed by atoms with van der Waals surface area (Å²) in [5.41, 5.74) is 0.239. The molecule has 0 spiro atoms. The van der Waals surface area contributed by atoms with Crippen molar-refractivity contribution < 1.29 is 17.9 Å². The average molecular weight is 298 g/mol. The number of rotatable bonds is 8. The molecule has 0 radical (unpaired) electrons. The SMILES string of the molecule is C=CCCOCCNC(=O)c1cccc(S(N)(=O)=O)c1. The number of nitrogens with two attached hydrogens (primary N) is 1. The zero-order valence-electron chi connectivity index (χ0n) is 11.0. The number of ether oxygens (including phenoxy) is 1. The van der Waals surface area contributed by atoms with Gasteiger partial charge in [0.2, 0.25) is 10.0 Å². The van der Waals surface area contributed by atoms with Crippen molar-refractivity contribution in [2.24, 2.45) is 5.14 Å². The van der Waals surface area contributed by atoms with Gasteiger partial charge in [0.1, 0.15) is 0 Å². The average Bonchev–Trinajstić information content (AvgIpc) is 2.41. The molecule has 0 heterocycles. The van der Waals surface area contributed by atoms with Crippen molar-refractivity contribution in [3.05, 3.63) is 42.5 Å². The Morgan fingerprint density at radius 2 is 2.15 bits per heavy atom. The summed E-state index contributed by atoms with van der Waals surface area (Å²) < 4.78 is 27.6. The van der Waals surface area contributed by atoms with Crippen LogP contribution in [0.15, 0.2) is 41.8 Å². The Bertz CT molecular complexity index is 569. The van der Waals surface area contributed by atoms with Crippen LogP contribution in [0.1, 0.15) is 16.8 Å². The fraction of sp³-hybridized carbons (Fsp3) is 0.308. The van der Waals surface area contributed by atoms with Crippen molar-refractivity contribution >= 4 is 15.9 Å². The first-order valence-corrected chi connectivity index (χ1v) is 7.59. The molecule has 7 heteroatoms. The van der Waals surface area contributed by atoms with Gasteiger partial charge in [0.05, 0.1) is 18.1 Å². The van der Waals surface area contributed by atoms with Gasteiger partial charge in [-0.3, -0.25) is 4.79 Å². The van der Waals surface area contributed by atoms with Crippen molar-refractivity contribution in [2.75, 3.05) is 19.8 Å². The molecule has 0 saturated heterocycles. The van der Waals surface area contributed by atoms with Gasteiger partial charge in [-0.1, -0.05) is 12.1 Å². The fourth-order valence-corrected chi connectivity index (χ4v) is 1.98. The Kier molecular flexibility index (Phi) is 6.37. The van der Waals surface area contributed by atoms with Crippen molar-refractivity contribution in [3.63, 3.8) is 0 Å². The van der Waals surface area contributed by atoms with Crippen LogP contribution >= 0.6 is 0 Å². The highest BCUT2D eigenvalue weighted by molar-refractivity contribution is 7.89. The van der Waals surface area contributed by atoms with E-state index in [1.165, 1.54) is 24.3 Å². The lowest BCUT2D eigenvalue weighted by molar-refractivity contribution is 0.0917. The van der Waals surface area contributed by atoms with Gasteiger partial charge in [-0.2, -0.15) is 0 Å². The zero-order valence-corrected chi connectivity index (χ0v) is 11.9. The molecule has 1 rings (SSSR count). The molecule has 1 aromatic carbocycles. The number of carbonyl (C=O) groups is 1. The Morgan fingerprint density at radius 1 is 1.40 bits per heavy atom. The molecule has 0 aromatic heterocycles. The molecule has 1 amide bonds. The van der Waals surface area contributed by atoms with Crippen LogP contribution in [0.25, 0.3) is 0 Å². The summed E-state index contributed by atoms with van der Waals surface area (Å²) in [4.78, 5) is 11.7. The molecule has 6 nitrogen and oxygen atoms in total. The molecular weight excluding hydrogens is 280 g/mol. The number of nitrogens with one attached hydrogen (secondary N) is 1. The van der Waals surface area contributed by atoms with Gasteiger partial charge in [0.15, 0.2) is 0 Å². The molecule has 0 aliphatic heterocycles. The smallest absolute Gasteiger partial charge is 0.251 e. The van der Waals surface area contributed by atoms with Gasteiger partial charge < -0.3 is 10.1 Å². The highest BCUT2D eigenvalue weighted by Crippen LogP contribution is 2.09. The minimum Gasteiger partial charge on any atom is -0.379 e. The second-order valence-corrected chi connectivity index (χ2v) is 5.58. The van der Waals surface area contributed by atoms with E-state index >= 15 is 0 Å². The monoisotopic (exact) mass is 298 g/mol. The quantitative estimate of drug-likeness (QED) is 0.544. The minimum absolute atomic E-state index is 0.0904. The second-order valence-electron chi connectivity index (χ2n) is 4.02. The number of carbonyl (C=O) groups excluding carboxylic acids is 1. The van der Waals surface area contributed by atoms with E-state index in [4.69, 9.17) is 9.88 Å². The molecule has 0 unspecified atom stereocenters. The Labute approximate surface area is 118 Å². The maximum Gasteiger partial charge on any atom is 0.251 e. The van der Waals surface area contributed by atoms with Crippen LogP contribution in [0.5, 0.6) is 0 Å². The topological polar surface area (TPSA) is 98.5 Å². The Hall–Kier alpha value is -1.70. The molecule has 0 bridgehead atoms. The number of benzene rings is 1. The molecule has 1 aromatic rings. The number of primary sulfonamides is 1. The largest absolute Gasteiger partial charge is 0.379 e. The van der Waals surface area contributed by atoms with Crippen LogP contribution in [0.3, 0.4) is 0 Å². The molecule has 0 fully saturated rings. The summed E-state index contributed by atoms with van der Waals surface area (Å²) in [5, 5.41) is 7.64. The van der Waals surface area contributed by atoms with Crippen LogP contribution in [0, 0.1) is 0 Å². The van der Waals surface area contributed by atoms with E-state index in [9.17, 15) is 13.2 Å². The molecule has 20 heavy (non-hydrogen) atoms. The van der Waals surface area contributed by atoms with Crippen molar-refractivity contribution in [2.45, 2.75) is 11.3 Å². The molecule has 3 N–H and O–H groups in total. The predicted octanol–water partition coefficient (Wildman–Crippen LogP) is 0.657. The van der Waals surface area contributed by atoms with Crippen molar-refractivity contribution in [1.29, 1.82) is 0 Å². The van der Waals surface area contributed by atoms with Crippen LogP contribution in [0.4, 0.5) is 0 Å². The van der Waals surface area contributed by atoms with Gasteiger partial charge in [0, 0.05) is 12.1 Å². The molecule has 0 aliphatic rings. The van der Waals surface area contributed by atoms with Crippen molar-refractivity contribution in [3.8, 4) is 0 Å². The van der Waals surface area contributed by atoms with Gasteiger partial charge in [0.25, 0.3) is 5.91 Å². The zero-order chi connectivity index (χ0) is 15.0. The summed E-state index contributed by atoms with van der Waals surface area (Å²) >= 11 is 0. The van der Waals surface area contributed by atoms with E-state index in [0.717, 1.165) is 6.42 Å². The summed E-state index contributed by atoms with van der Waals surface area (Å²) in [6.45, 7) is 4.85. The number of hydrogen-bond acceptors (Lipinski definition) is 4. The van der Waals surface area contributed by atoms with E-state index in [0.29, 0.717) is 19.8 Å². The molecule has 0 atom stereocenters. The number of sulfonamides is 1. The summed E-state index contributed by atoms with van der Waals surface area (Å²) in [6, 6.07) is 5.56. The summed E-state index contributed by atoms with van der Waals surface area (Å²) in [6.07, 6.45) is 2.50. The lowest BCUT2D eigenvalue weighted by Crippen LogP contribution is -2.27. The lowest BCUT2D eigenvalue weighted by atomic mass is 10.2. The van der Waals surface area contributed by atoms with E-state index in [1.807, 2.05) is 0 Å². The predicted molar refractivity (Wildman–Crippen MR) is 75.8 cm³/mol. The van der Waals surface area contributed by atoms with E-state index in [-0.39, 0.29) is 16.4 Å². The molecule has 110 valence electrons. The van der Waals surface area contributed by atoms with E-state index in [2.05, 4.69) is 11.9 Å². The third kappa shape index (κ3) is 5.52. The second kappa shape index (κ2) is 7.78. The maximum absolute atomic E-state index is 11.8. The number of hydrogen-bond donors (Lipinski definition) is 2. The summed E-state index contributed by atoms with van der Waals surface area (Å²) in [5.74, 6) is -0.372. The minimum atomic E-state index is -3.81. The first-order chi connectivity index (χ1) is 9.45. The lowest BCUT2D eigenvalue weighted by Gasteiger charge is -2.06. The van der Waals surface area contributed by atoms with Gasteiger partial charge >= 0.3 is 0 Å². The van der Waals surface area contributed by atoms with Gasteiger partial charge in [-0.15, -0.1) is 6.58 Å². The van der Waals surface area contributed by atoms with Crippen LogP contribution in [-0.4, -0.2) is 34.1 Å². The molecular formula is C13H18N2O4S. The summed E-state index contributed by atoms with van der Waals surface area (Å²) in [7, 11) is -3.81. The molecule has 0 saturated carbocycles. The highest BCUT2D eigenvalue weighted by atomic mass is 32.2. The maximum atomic E-state index is 11.8. The van der Waals surface area contributed by atoms with E-state index in [1.54, 1.807) is 6.08 Å². The molecule has 0 aliphatic carbocycles. The Morgan fingerprint density at radius 3 is 2.80 bits per heavy atom. The third-order valence-corrected chi connectivity index (χ3v) is 3.33. The standard InChI is InChI=1S/C13H18N2O4S/c1-2-3-8-19-9-7-15-13(16)11-5-4-6-12(10-11)20(14,17)18/h2,4-6,10H,1,3,7-9H2,(H,15,16)(H2,14,17,18). The van der Waals surface area contributed by atoms with Gasteiger partial charge in [-0.05, 0) is 24.6 Å². The highest BCUT2D eigenvalue weighted by Gasteiger charge is 2.11. The van der Waals surface area contributed by atoms with Crippen LogP contribution in [-0.2, 0) is 14.8 Å². The number of amides is 1. The van der Waals surface area contributed by atoms with E-state index < -0.39 is 10.0 Å². The normalized spacial score (nSPS) is 11.1. The third-order valence-electron chi connectivity index (χ3n) is 2.42. The first kappa shape index (κ1) is 16.4. The van der Waals surface area contributed by atoms with Crippen LogP contribution in [0.2, 0.25) is 0 Å². The van der Waals surface area contributed by atoms with Gasteiger partial charge in [-0.25, -0.2) is 13.6 Å². The van der Waals surface area contributed by atoms with Crippen molar-refractivity contribution in [1.82, 2.24) is 5.32 Å². The Balaban J connectivity index is 2.50. The fourth-order valence-electron chi connectivity index (χ4n) is 1.42. The first-order valence-electron chi connectivity index (χ1n) is 6.05.